The van der Waals surface area contributed by atoms with Crippen LogP contribution in [0.3, 0.4) is 0 Å². The quantitative estimate of drug-likeness (QED) is 0.333. The Hall–Kier alpha value is -4.03. The standard InChI is InChI=1S/C29H31F2N3O6S/c1-20(29(36)32-17-26-3-2-16-39-26)34(18-21-4-6-22(30)7-5-21)28(35)19-40-25-12-14-27(15-13-25)41(37,38)33-24-10-8-23(31)9-11-24/h4-15,20,26,33H,2-3,16-19H2,1H3,(H,32,36)/t20-,26+/m1/s1. The Morgan fingerprint density at radius 2 is 1.63 bits per heavy atom. The zero-order valence-corrected chi connectivity index (χ0v) is 23.2. The SMILES string of the molecule is C[C@H](C(=O)NC[C@@H]1CCCO1)N(Cc1ccc(F)cc1)C(=O)COc1ccc(S(=O)(=O)Nc2ccc(F)cc2)cc1. The molecule has 9 nitrogen and oxygen atoms in total. The summed E-state index contributed by atoms with van der Waals surface area (Å²) in [6.07, 6.45) is 1.72. The largest absolute Gasteiger partial charge is 0.484 e. The molecule has 0 aromatic heterocycles. The number of nitrogens with one attached hydrogen (secondary N) is 2. The Morgan fingerprint density at radius 1 is 1.00 bits per heavy atom. The van der Waals surface area contributed by atoms with Gasteiger partial charge in [-0.1, -0.05) is 12.1 Å². The smallest absolute Gasteiger partial charge is 0.261 e. The molecule has 1 saturated heterocycles. The molecule has 1 aliphatic rings. The number of hydrogen-bond donors (Lipinski definition) is 2. The molecule has 0 saturated carbocycles. The molecule has 41 heavy (non-hydrogen) atoms. The second-order valence-electron chi connectivity index (χ2n) is 9.58. The lowest BCUT2D eigenvalue weighted by Crippen LogP contribution is -2.50. The maximum Gasteiger partial charge on any atom is 0.261 e. The highest BCUT2D eigenvalue weighted by Crippen LogP contribution is 2.20. The topological polar surface area (TPSA) is 114 Å². The Bertz CT molecular complexity index is 1430. The molecule has 12 heteroatoms. The van der Waals surface area contributed by atoms with E-state index in [1.165, 1.54) is 65.6 Å². The van der Waals surface area contributed by atoms with E-state index in [1.807, 2.05) is 0 Å². The van der Waals surface area contributed by atoms with E-state index >= 15 is 0 Å². The molecule has 3 aromatic rings. The number of carbonyl (C=O) groups is 2. The second kappa shape index (κ2) is 13.6. The summed E-state index contributed by atoms with van der Waals surface area (Å²) in [6, 6.07) is 15.1. The number of carbonyl (C=O) groups excluding carboxylic acids is 2. The van der Waals surface area contributed by atoms with Gasteiger partial charge in [0.05, 0.1) is 11.0 Å². The van der Waals surface area contributed by atoms with Crippen molar-refractivity contribution >= 4 is 27.5 Å². The summed E-state index contributed by atoms with van der Waals surface area (Å²) in [6.45, 7) is 2.21. The number of benzene rings is 3. The van der Waals surface area contributed by atoms with E-state index in [2.05, 4.69) is 10.0 Å². The third-order valence-electron chi connectivity index (χ3n) is 6.55. The molecule has 0 spiro atoms. The van der Waals surface area contributed by atoms with E-state index in [1.54, 1.807) is 6.92 Å². The van der Waals surface area contributed by atoms with Crippen LogP contribution in [0.5, 0.6) is 5.75 Å². The normalized spacial score (nSPS) is 15.6. The first-order valence-corrected chi connectivity index (χ1v) is 14.5. The molecule has 0 aliphatic carbocycles. The summed E-state index contributed by atoms with van der Waals surface area (Å²) < 4.78 is 65.3. The van der Waals surface area contributed by atoms with Crippen molar-refractivity contribution in [3.63, 3.8) is 0 Å². The van der Waals surface area contributed by atoms with Gasteiger partial charge in [0.2, 0.25) is 5.91 Å². The lowest BCUT2D eigenvalue weighted by atomic mass is 10.1. The van der Waals surface area contributed by atoms with Crippen LogP contribution < -0.4 is 14.8 Å². The van der Waals surface area contributed by atoms with Crippen molar-refractivity contribution in [2.45, 2.75) is 43.4 Å². The van der Waals surface area contributed by atoms with Crippen LogP contribution in [-0.4, -0.2) is 57.0 Å². The molecule has 3 aromatic carbocycles. The van der Waals surface area contributed by atoms with Gasteiger partial charge in [0.25, 0.3) is 15.9 Å². The van der Waals surface area contributed by atoms with E-state index < -0.39 is 40.2 Å². The first-order chi connectivity index (χ1) is 19.6. The third kappa shape index (κ3) is 8.48. The van der Waals surface area contributed by atoms with Crippen LogP contribution in [0, 0.1) is 11.6 Å². The van der Waals surface area contributed by atoms with Gasteiger partial charge in [-0.3, -0.25) is 14.3 Å². The van der Waals surface area contributed by atoms with Crippen LogP contribution >= 0.6 is 0 Å². The van der Waals surface area contributed by atoms with Gasteiger partial charge < -0.3 is 19.7 Å². The lowest BCUT2D eigenvalue weighted by Gasteiger charge is -2.29. The summed E-state index contributed by atoms with van der Waals surface area (Å²) in [4.78, 5) is 27.4. The molecule has 1 fully saturated rings. The average Bonchev–Trinajstić information content (AvgIpc) is 3.49. The Balaban J connectivity index is 1.39. The highest BCUT2D eigenvalue weighted by Gasteiger charge is 2.27. The Morgan fingerprint density at radius 3 is 2.24 bits per heavy atom. The number of halogens is 2. The number of rotatable bonds is 12. The fraction of sp³-hybridized carbons (Fsp3) is 0.310. The molecular formula is C29H31F2N3O6S. The predicted octanol–water partition coefficient (Wildman–Crippen LogP) is 3.86. The van der Waals surface area contributed by atoms with Gasteiger partial charge in [0.1, 0.15) is 23.4 Å². The van der Waals surface area contributed by atoms with Crippen molar-refractivity contribution in [2.24, 2.45) is 0 Å². The van der Waals surface area contributed by atoms with Crippen LogP contribution in [0.2, 0.25) is 0 Å². The summed E-state index contributed by atoms with van der Waals surface area (Å²) in [5.41, 5.74) is 0.828. The van der Waals surface area contributed by atoms with Gasteiger partial charge in [-0.15, -0.1) is 0 Å². The highest BCUT2D eigenvalue weighted by molar-refractivity contribution is 7.92. The fourth-order valence-electron chi connectivity index (χ4n) is 4.21. The summed E-state index contributed by atoms with van der Waals surface area (Å²) in [7, 11) is -3.94. The van der Waals surface area contributed by atoms with Crippen LogP contribution in [0.1, 0.15) is 25.3 Å². The Labute approximate surface area is 237 Å². The number of anilines is 1. The zero-order valence-electron chi connectivity index (χ0n) is 22.4. The minimum absolute atomic E-state index is 0.0449. The highest BCUT2D eigenvalue weighted by atomic mass is 32.2. The van der Waals surface area contributed by atoms with E-state index in [4.69, 9.17) is 9.47 Å². The molecule has 0 bridgehead atoms. The molecule has 218 valence electrons. The Kier molecular flexibility index (Phi) is 9.90. The van der Waals surface area contributed by atoms with E-state index in [-0.39, 0.29) is 34.9 Å². The molecule has 1 aliphatic heterocycles. The molecule has 2 amide bonds. The molecule has 0 unspecified atom stereocenters. The zero-order chi connectivity index (χ0) is 29.4. The first kappa shape index (κ1) is 29.9. The summed E-state index contributed by atoms with van der Waals surface area (Å²) in [5.74, 6) is -1.54. The first-order valence-electron chi connectivity index (χ1n) is 13.1. The second-order valence-corrected chi connectivity index (χ2v) is 11.3. The molecule has 0 radical (unpaired) electrons. The number of ether oxygens (including phenoxy) is 2. The van der Waals surface area contributed by atoms with Gasteiger partial charge in [0, 0.05) is 25.4 Å². The monoisotopic (exact) mass is 587 g/mol. The maximum absolute atomic E-state index is 13.4. The van der Waals surface area contributed by atoms with Crippen molar-refractivity contribution in [1.82, 2.24) is 10.2 Å². The van der Waals surface area contributed by atoms with E-state index in [9.17, 15) is 26.8 Å². The van der Waals surface area contributed by atoms with Crippen LogP contribution in [0.15, 0.2) is 77.7 Å². The number of nitrogens with zero attached hydrogens (tertiary/aromatic N) is 1. The maximum atomic E-state index is 13.4. The van der Waals surface area contributed by atoms with Crippen LogP contribution in [0.4, 0.5) is 14.5 Å². The van der Waals surface area contributed by atoms with Gasteiger partial charge in [0.15, 0.2) is 6.61 Å². The van der Waals surface area contributed by atoms with Gasteiger partial charge in [-0.2, -0.15) is 0 Å². The average molecular weight is 588 g/mol. The lowest BCUT2D eigenvalue weighted by molar-refractivity contribution is -0.142. The fourth-order valence-corrected chi connectivity index (χ4v) is 5.27. The molecule has 1 heterocycles. The minimum atomic E-state index is -3.94. The number of hydrogen-bond acceptors (Lipinski definition) is 6. The molecule has 2 N–H and O–H groups in total. The number of sulfonamides is 1. The summed E-state index contributed by atoms with van der Waals surface area (Å²) >= 11 is 0. The predicted molar refractivity (Wildman–Crippen MR) is 148 cm³/mol. The van der Waals surface area contributed by atoms with Crippen molar-refractivity contribution in [2.75, 3.05) is 24.5 Å². The summed E-state index contributed by atoms with van der Waals surface area (Å²) in [5, 5.41) is 2.83. The minimum Gasteiger partial charge on any atom is -0.484 e. The van der Waals surface area contributed by atoms with Gasteiger partial charge in [-0.25, -0.2) is 17.2 Å². The van der Waals surface area contributed by atoms with Crippen molar-refractivity contribution in [3.05, 3.63) is 90.0 Å². The van der Waals surface area contributed by atoms with E-state index in [0.717, 1.165) is 25.0 Å². The van der Waals surface area contributed by atoms with Gasteiger partial charge >= 0.3 is 0 Å². The van der Waals surface area contributed by atoms with Gasteiger partial charge in [-0.05, 0) is 86.0 Å². The van der Waals surface area contributed by atoms with Crippen molar-refractivity contribution in [3.8, 4) is 5.75 Å². The molecular weight excluding hydrogens is 556 g/mol. The van der Waals surface area contributed by atoms with Crippen LogP contribution in [-0.2, 0) is 30.9 Å². The van der Waals surface area contributed by atoms with Crippen molar-refractivity contribution < 1.29 is 36.3 Å². The molecule has 4 rings (SSSR count). The van der Waals surface area contributed by atoms with E-state index in [0.29, 0.717) is 18.7 Å². The van der Waals surface area contributed by atoms with Crippen LogP contribution in [0.25, 0.3) is 0 Å². The number of amides is 2. The molecule has 2 atom stereocenters. The third-order valence-corrected chi connectivity index (χ3v) is 7.95. The van der Waals surface area contributed by atoms with Crippen molar-refractivity contribution in [1.29, 1.82) is 0 Å².